The van der Waals surface area contributed by atoms with Crippen molar-refractivity contribution in [1.82, 2.24) is 9.80 Å². The average molecular weight is 345 g/mol. The van der Waals surface area contributed by atoms with Crippen molar-refractivity contribution in [1.29, 1.82) is 0 Å². The van der Waals surface area contributed by atoms with E-state index < -0.39 is 0 Å². The van der Waals surface area contributed by atoms with Crippen LogP contribution in [-0.2, 0) is 22.7 Å². The molecular weight excluding hydrogens is 324 g/mol. The summed E-state index contributed by atoms with van der Waals surface area (Å²) in [6.45, 7) is 2.32. The molecular formula is C19H21ClN2O2. The Morgan fingerprint density at radius 2 is 1.58 bits per heavy atom. The lowest BCUT2D eigenvalue weighted by Gasteiger charge is -2.25. The first kappa shape index (κ1) is 18.0. The van der Waals surface area contributed by atoms with E-state index in [-0.39, 0.29) is 18.4 Å². The molecule has 0 atom stereocenters. The Morgan fingerprint density at radius 3 is 2.21 bits per heavy atom. The molecule has 5 heteroatoms. The van der Waals surface area contributed by atoms with Crippen molar-refractivity contribution >= 4 is 23.4 Å². The normalized spacial score (nSPS) is 10.3. The van der Waals surface area contributed by atoms with Gasteiger partial charge in [-0.1, -0.05) is 60.1 Å². The molecule has 0 radical (unpaired) electrons. The van der Waals surface area contributed by atoms with Gasteiger partial charge in [-0.15, -0.1) is 0 Å². The van der Waals surface area contributed by atoms with Gasteiger partial charge < -0.3 is 9.80 Å². The Bertz CT molecular complexity index is 704. The van der Waals surface area contributed by atoms with Crippen molar-refractivity contribution in [2.75, 3.05) is 13.6 Å². The van der Waals surface area contributed by atoms with Crippen LogP contribution in [0.3, 0.4) is 0 Å². The van der Waals surface area contributed by atoms with Gasteiger partial charge in [-0.25, -0.2) is 0 Å². The number of nitrogens with zero attached hydrogens (tertiary/aromatic N) is 2. The van der Waals surface area contributed by atoms with Crippen LogP contribution in [0.1, 0.15) is 18.1 Å². The fourth-order valence-electron chi connectivity index (χ4n) is 2.34. The van der Waals surface area contributed by atoms with Crippen molar-refractivity contribution in [3.05, 3.63) is 70.7 Å². The zero-order valence-corrected chi connectivity index (χ0v) is 14.7. The third-order valence-electron chi connectivity index (χ3n) is 3.78. The van der Waals surface area contributed by atoms with Gasteiger partial charge in [0.1, 0.15) is 6.54 Å². The Labute approximate surface area is 147 Å². The molecule has 0 saturated carbocycles. The number of halogens is 1. The number of rotatable bonds is 6. The molecule has 0 saturated heterocycles. The molecule has 2 aromatic rings. The quantitative estimate of drug-likeness (QED) is 0.806. The van der Waals surface area contributed by atoms with E-state index in [1.807, 2.05) is 48.5 Å². The van der Waals surface area contributed by atoms with E-state index in [1.165, 1.54) is 11.8 Å². The molecule has 0 bridgehead atoms. The molecule has 0 heterocycles. The topological polar surface area (TPSA) is 40.6 Å². The summed E-state index contributed by atoms with van der Waals surface area (Å²) in [7, 11) is 1.74. The van der Waals surface area contributed by atoms with Gasteiger partial charge in [-0.2, -0.15) is 0 Å². The van der Waals surface area contributed by atoms with Gasteiger partial charge >= 0.3 is 0 Å². The van der Waals surface area contributed by atoms with Crippen molar-refractivity contribution in [2.24, 2.45) is 0 Å². The van der Waals surface area contributed by atoms with Gasteiger partial charge in [0, 0.05) is 32.1 Å². The lowest BCUT2D eigenvalue weighted by atomic mass is 10.2. The fourth-order valence-corrected chi connectivity index (χ4v) is 2.54. The maximum atomic E-state index is 12.4. The van der Waals surface area contributed by atoms with Gasteiger partial charge in [0.25, 0.3) is 0 Å². The first-order valence-electron chi connectivity index (χ1n) is 7.74. The average Bonchev–Trinajstić information content (AvgIpc) is 2.56. The number of likely N-dealkylation sites (N-methyl/N-ethyl adjacent to an activating group) is 1. The molecule has 126 valence electrons. The lowest BCUT2D eigenvalue weighted by molar-refractivity contribution is -0.139. The highest BCUT2D eigenvalue weighted by Crippen LogP contribution is 2.17. The number of carbonyl (C=O) groups excluding carboxylic acids is 2. The maximum absolute atomic E-state index is 12.4. The van der Waals surface area contributed by atoms with Crippen molar-refractivity contribution in [3.63, 3.8) is 0 Å². The summed E-state index contributed by atoms with van der Waals surface area (Å²) in [5, 5.41) is 0.592. The second-order valence-electron chi connectivity index (χ2n) is 5.70. The van der Waals surface area contributed by atoms with Crippen LogP contribution in [0.15, 0.2) is 54.6 Å². The minimum atomic E-state index is -0.156. The molecule has 2 aromatic carbocycles. The summed E-state index contributed by atoms with van der Waals surface area (Å²) in [5.74, 6) is -0.266. The smallest absolute Gasteiger partial charge is 0.242 e. The number of carbonyl (C=O) groups is 2. The second-order valence-corrected chi connectivity index (χ2v) is 6.11. The number of amides is 2. The Morgan fingerprint density at radius 1 is 0.958 bits per heavy atom. The van der Waals surface area contributed by atoms with Gasteiger partial charge in [0.2, 0.25) is 11.8 Å². The maximum Gasteiger partial charge on any atom is 0.242 e. The van der Waals surface area contributed by atoms with Crippen LogP contribution < -0.4 is 0 Å². The number of benzene rings is 2. The molecule has 0 fully saturated rings. The molecule has 0 aliphatic heterocycles. The summed E-state index contributed by atoms with van der Waals surface area (Å²) >= 11 is 6.15. The molecule has 0 spiro atoms. The van der Waals surface area contributed by atoms with Crippen LogP contribution in [0.2, 0.25) is 5.02 Å². The third kappa shape index (κ3) is 5.10. The molecule has 4 nitrogen and oxygen atoms in total. The van der Waals surface area contributed by atoms with Crippen LogP contribution in [0.4, 0.5) is 0 Å². The SMILES string of the molecule is CC(=O)N(CC(=O)N(C)Cc1ccccc1)Cc1ccccc1Cl. The van der Waals surface area contributed by atoms with Crippen molar-refractivity contribution in [3.8, 4) is 0 Å². The highest BCUT2D eigenvalue weighted by atomic mass is 35.5. The Kier molecular flexibility index (Phi) is 6.38. The van der Waals surface area contributed by atoms with Crippen molar-refractivity contribution < 1.29 is 9.59 Å². The highest BCUT2D eigenvalue weighted by Gasteiger charge is 2.18. The monoisotopic (exact) mass is 344 g/mol. The molecule has 2 rings (SSSR count). The lowest BCUT2D eigenvalue weighted by Crippen LogP contribution is -2.40. The molecule has 0 aromatic heterocycles. The summed E-state index contributed by atoms with van der Waals surface area (Å²) in [6, 6.07) is 17.1. The molecule has 2 amide bonds. The largest absolute Gasteiger partial charge is 0.340 e. The summed E-state index contributed by atoms with van der Waals surface area (Å²) in [4.78, 5) is 27.5. The van der Waals surface area contributed by atoms with Crippen LogP contribution >= 0.6 is 11.6 Å². The summed E-state index contributed by atoms with van der Waals surface area (Å²) in [6.07, 6.45) is 0. The summed E-state index contributed by atoms with van der Waals surface area (Å²) in [5.41, 5.74) is 1.88. The Balaban J connectivity index is 2.00. The first-order chi connectivity index (χ1) is 11.5. The van der Waals surface area contributed by atoms with Crippen LogP contribution in [0, 0.1) is 0 Å². The van der Waals surface area contributed by atoms with E-state index in [0.29, 0.717) is 18.1 Å². The molecule has 0 unspecified atom stereocenters. The van der Waals surface area contributed by atoms with E-state index in [0.717, 1.165) is 11.1 Å². The van der Waals surface area contributed by atoms with E-state index >= 15 is 0 Å². The van der Waals surface area contributed by atoms with Gasteiger partial charge in [0.15, 0.2) is 0 Å². The van der Waals surface area contributed by atoms with Crippen LogP contribution in [-0.4, -0.2) is 35.2 Å². The van der Waals surface area contributed by atoms with Gasteiger partial charge in [0.05, 0.1) is 0 Å². The predicted octanol–water partition coefficient (Wildman–Crippen LogP) is 3.35. The molecule has 0 aliphatic carbocycles. The zero-order valence-electron chi connectivity index (χ0n) is 13.9. The van der Waals surface area contributed by atoms with Crippen molar-refractivity contribution in [2.45, 2.75) is 20.0 Å². The van der Waals surface area contributed by atoms with E-state index in [9.17, 15) is 9.59 Å². The minimum Gasteiger partial charge on any atom is -0.340 e. The number of hydrogen-bond donors (Lipinski definition) is 0. The van der Waals surface area contributed by atoms with E-state index in [2.05, 4.69) is 0 Å². The van der Waals surface area contributed by atoms with Gasteiger partial charge in [-0.05, 0) is 17.2 Å². The third-order valence-corrected chi connectivity index (χ3v) is 4.15. The van der Waals surface area contributed by atoms with E-state index in [4.69, 9.17) is 11.6 Å². The van der Waals surface area contributed by atoms with Crippen LogP contribution in [0.5, 0.6) is 0 Å². The highest BCUT2D eigenvalue weighted by molar-refractivity contribution is 6.31. The fraction of sp³-hybridized carbons (Fsp3) is 0.263. The van der Waals surface area contributed by atoms with Crippen LogP contribution in [0.25, 0.3) is 0 Å². The minimum absolute atomic E-state index is 0.0316. The first-order valence-corrected chi connectivity index (χ1v) is 8.12. The Hall–Kier alpha value is -2.33. The number of hydrogen-bond acceptors (Lipinski definition) is 2. The molecule has 0 N–H and O–H groups in total. The van der Waals surface area contributed by atoms with E-state index in [1.54, 1.807) is 18.0 Å². The predicted molar refractivity (Wildman–Crippen MR) is 95.5 cm³/mol. The zero-order chi connectivity index (χ0) is 17.5. The standard InChI is InChI=1S/C19H21ClN2O2/c1-15(23)22(13-17-10-6-7-11-18(17)20)14-19(24)21(2)12-16-8-4-3-5-9-16/h3-11H,12-14H2,1-2H3. The summed E-state index contributed by atoms with van der Waals surface area (Å²) < 4.78 is 0. The van der Waals surface area contributed by atoms with Gasteiger partial charge in [-0.3, -0.25) is 9.59 Å². The second kappa shape index (κ2) is 8.50. The molecule has 0 aliphatic rings. The molecule has 24 heavy (non-hydrogen) atoms.